The second kappa shape index (κ2) is 7.25. The average molecular weight is 352 g/mol. The highest BCUT2D eigenvalue weighted by atomic mass is 79.9. The molecule has 0 fully saturated rings. The van der Waals surface area contributed by atoms with Crippen LogP contribution in [0, 0.1) is 0 Å². The molecule has 0 bridgehead atoms. The van der Waals surface area contributed by atoms with Crippen molar-refractivity contribution in [1.82, 2.24) is 5.32 Å². The third kappa shape index (κ3) is 4.99. The molecule has 21 heavy (non-hydrogen) atoms. The number of aliphatic hydroxyl groups is 1. The van der Waals surface area contributed by atoms with Crippen molar-refractivity contribution < 1.29 is 9.84 Å². The molecule has 0 saturated heterocycles. The SMILES string of the molecule is CCCNCC(C)(O)COc1ccc2cc(Br)ccc2c1. The van der Waals surface area contributed by atoms with E-state index < -0.39 is 5.60 Å². The van der Waals surface area contributed by atoms with Gasteiger partial charge >= 0.3 is 0 Å². The number of hydrogen-bond donors (Lipinski definition) is 2. The van der Waals surface area contributed by atoms with Gasteiger partial charge in [-0.2, -0.15) is 0 Å². The summed E-state index contributed by atoms with van der Waals surface area (Å²) in [6.07, 6.45) is 1.05. The molecule has 0 spiro atoms. The number of benzene rings is 2. The molecule has 1 atom stereocenters. The highest BCUT2D eigenvalue weighted by molar-refractivity contribution is 9.10. The van der Waals surface area contributed by atoms with E-state index in [1.165, 1.54) is 0 Å². The molecule has 0 heterocycles. The monoisotopic (exact) mass is 351 g/mol. The first-order valence-corrected chi connectivity index (χ1v) is 8.05. The van der Waals surface area contributed by atoms with E-state index in [0.29, 0.717) is 6.54 Å². The molecule has 114 valence electrons. The van der Waals surface area contributed by atoms with E-state index in [1.807, 2.05) is 30.3 Å². The normalized spacial score (nSPS) is 14.1. The van der Waals surface area contributed by atoms with Crippen LogP contribution in [0.15, 0.2) is 40.9 Å². The van der Waals surface area contributed by atoms with Gasteiger partial charge in [0.25, 0.3) is 0 Å². The fourth-order valence-electron chi connectivity index (χ4n) is 2.11. The molecule has 2 N–H and O–H groups in total. The van der Waals surface area contributed by atoms with Gasteiger partial charge in [0.05, 0.1) is 0 Å². The Bertz CT molecular complexity index is 598. The largest absolute Gasteiger partial charge is 0.491 e. The highest BCUT2D eigenvalue weighted by Gasteiger charge is 2.20. The maximum atomic E-state index is 10.3. The van der Waals surface area contributed by atoms with Gasteiger partial charge in [-0.15, -0.1) is 0 Å². The summed E-state index contributed by atoms with van der Waals surface area (Å²) >= 11 is 3.47. The highest BCUT2D eigenvalue weighted by Crippen LogP contribution is 2.24. The Morgan fingerprint density at radius 2 is 1.90 bits per heavy atom. The minimum absolute atomic E-state index is 0.270. The molecule has 0 aliphatic carbocycles. The summed E-state index contributed by atoms with van der Waals surface area (Å²) in [5.74, 6) is 0.778. The van der Waals surface area contributed by atoms with Crippen LogP contribution in [0.4, 0.5) is 0 Å². The van der Waals surface area contributed by atoms with Gasteiger partial charge < -0.3 is 15.2 Å². The van der Waals surface area contributed by atoms with Crippen LogP contribution in [0.25, 0.3) is 10.8 Å². The molecule has 3 nitrogen and oxygen atoms in total. The first kappa shape index (κ1) is 16.3. The van der Waals surface area contributed by atoms with Gasteiger partial charge in [0, 0.05) is 11.0 Å². The van der Waals surface area contributed by atoms with Crippen LogP contribution < -0.4 is 10.1 Å². The molecule has 0 aliphatic rings. The van der Waals surface area contributed by atoms with E-state index in [0.717, 1.165) is 34.0 Å². The number of ether oxygens (including phenoxy) is 1. The predicted octanol–water partition coefficient (Wildman–Crippen LogP) is 3.73. The maximum Gasteiger partial charge on any atom is 0.120 e. The Morgan fingerprint density at radius 1 is 1.19 bits per heavy atom. The number of hydrogen-bond acceptors (Lipinski definition) is 3. The van der Waals surface area contributed by atoms with Crippen LogP contribution in [0.5, 0.6) is 5.75 Å². The lowest BCUT2D eigenvalue weighted by atomic mass is 10.1. The summed E-state index contributed by atoms with van der Waals surface area (Å²) in [4.78, 5) is 0. The molecule has 0 amide bonds. The summed E-state index contributed by atoms with van der Waals surface area (Å²) in [7, 11) is 0. The third-order valence-corrected chi connectivity index (χ3v) is 3.75. The predicted molar refractivity (Wildman–Crippen MR) is 90.9 cm³/mol. The van der Waals surface area contributed by atoms with Gasteiger partial charge in [-0.05, 0) is 54.9 Å². The lowest BCUT2D eigenvalue weighted by Gasteiger charge is -2.24. The van der Waals surface area contributed by atoms with Crippen molar-refractivity contribution in [2.75, 3.05) is 19.7 Å². The summed E-state index contributed by atoms with van der Waals surface area (Å²) in [6.45, 7) is 5.59. The number of nitrogens with one attached hydrogen (secondary N) is 1. The second-order valence-electron chi connectivity index (χ2n) is 5.62. The first-order chi connectivity index (χ1) is 10.00. The second-order valence-corrected chi connectivity index (χ2v) is 6.53. The van der Waals surface area contributed by atoms with Crippen LogP contribution in [-0.2, 0) is 0 Å². The third-order valence-electron chi connectivity index (χ3n) is 3.26. The molecule has 0 aromatic heterocycles. The molecule has 0 radical (unpaired) electrons. The van der Waals surface area contributed by atoms with E-state index in [1.54, 1.807) is 6.92 Å². The van der Waals surface area contributed by atoms with Crippen molar-refractivity contribution in [3.63, 3.8) is 0 Å². The van der Waals surface area contributed by atoms with Crippen molar-refractivity contribution in [2.24, 2.45) is 0 Å². The van der Waals surface area contributed by atoms with Gasteiger partial charge in [-0.1, -0.05) is 35.0 Å². The fourth-order valence-corrected chi connectivity index (χ4v) is 2.49. The van der Waals surface area contributed by atoms with Gasteiger partial charge in [-0.3, -0.25) is 0 Å². The van der Waals surface area contributed by atoms with Crippen LogP contribution in [-0.4, -0.2) is 30.4 Å². The van der Waals surface area contributed by atoms with Crippen molar-refractivity contribution in [2.45, 2.75) is 25.9 Å². The Balaban J connectivity index is 1.98. The smallest absolute Gasteiger partial charge is 0.120 e. The van der Waals surface area contributed by atoms with E-state index in [2.05, 4.69) is 34.2 Å². The zero-order valence-corrected chi connectivity index (χ0v) is 14.1. The van der Waals surface area contributed by atoms with Crippen molar-refractivity contribution in [3.8, 4) is 5.75 Å². The Hall–Kier alpha value is -1.10. The van der Waals surface area contributed by atoms with Crippen molar-refractivity contribution in [1.29, 1.82) is 0 Å². The Morgan fingerprint density at radius 3 is 2.67 bits per heavy atom. The quantitative estimate of drug-likeness (QED) is 0.746. The average Bonchev–Trinajstić information content (AvgIpc) is 2.45. The lowest BCUT2D eigenvalue weighted by molar-refractivity contribution is 0.0125. The topological polar surface area (TPSA) is 41.5 Å². The summed E-state index contributed by atoms with van der Waals surface area (Å²) in [6, 6.07) is 12.1. The zero-order chi connectivity index (χ0) is 15.3. The molecule has 2 rings (SSSR count). The molecule has 2 aromatic carbocycles. The van der Waals surface area contributed by atoms with Crippen LogP contribution in [0.2, 0.25) is 0 Å². The minimum Gasteiger partial charge on any atom is -0.491 e. The van der Waals surface area contributed by atoms with Gasteiger partial charge in [0.15, 0.2) is 0 Å². The molecule has 1 unspecified atom stereocenters. The number of rotatable bonds is 7. The van der Waals surface area contributed by atoms with Gasteiger partial charge in [0.1, 0.15) is 18.0 Å². The molecule has 2 aromatic rings. The number of fused-ring (bicyclic) bond motifs is 1. The van der Waals surface area contributed by atoms with Crippen LogP contribution in [0.3, 0.4) is 0 Å². The molecule has 0 aliphatic heterocycles. The molecule has 4 heteroatoms. The van der Waals surface area contributed by atoms with Crippen LogP contribution in [0.1, 0.15) is 20.3 Å². The molecule has 0 saturated carbocycles. The minimum atomic E-state index is -0.871. The zero-order valence-electron chi connectivity index (χ0n) is 12.5. The van der Waals surface area contributed by atoms with Crippen molar-refractivity contribution in [3.05, 3.63) is 40.9 Å². The van der Waals surface area contributed by atoms with E-state index in [4.69, 9.17) is 4.74 Å². The van der Waals surface area contributed by atoms with Gasteiger partial charge in [-0.25, -0.2) is 0 Å². The fraction of sp³-hybridized carbons (Fsp3) is 0.412. The maximum absolute atomic E-state index is 10.3. The molecular formula is C17H22BrNO2. The van der Waals surface area contributed by atoms with E-state index in [9.17, 15) is 5.11 Å². The van der Waals surface area contributed by atoms with Gasteiger partial charge in [0.2, 0.25) is 0 Å². The Labute approximate surface area is 134 Å². The summed E-state index contributed by atoms with van der Waals surface area (Å²) < 4.78 is 6.80. The standard InChI is InChI=1S/C17H22BrNO2/c1-3-8-19-11-17(2,20)12-21-16-7-5-13-9-15(18)6-4-14(13)10-16/h4-7,9-10,19-20H,3,8,11-12H2,1-2H3. The van der Waals surface area contributed by atoms with Crippen LogP contribution >= 0.6 is 15.9 Å². The van der Waals surface area contributed by atoms with Crippen molar-refractivity contribution >= 4 is 26.7 Å². The lowest BCUT2D eigenvalue weighted by Crippen LogP contribution is -2.43. The number of halogens is 1. The Kier molecular flexibility index (Phi) is 5.62. The summed E-state index contributed by atoms with van der Waals surface area (Å²) in [5.41, 5.74) is -0.871. The summed E-state index contributed by atoms with van der Waals surface area (Å²) in [5, 5.41) is 15.8. The van der Waals surface area contributed by atoms with E-state index >= 15 is 0 Å². The first-order valence-electron chi connectivity index (χ1n) is 7.25. The van der Waals surface area contributed by atoms with E-state index in [-0.39, 0.29) is 6.61 Å². The molecular weight excluding hydrogens is 330 g/mol.